The zero-order chi connectivity index (χ0) is 8.55. The van der Waals surface area contributed by atoms with E-state index in [1.807, 2.05) is 19.2 Å². The van der Waals surface area contributed by atoms with Gasteiger partial charge in [0.25, 0.3) is 0 Å². The zero-order valence-electron chi connectivity index (χ0n) is 6.52. The first-order chi connectivity index (χ1) is 5.79. The van der Waals surface area contributed by atoms with Crippen LogP contribution in [0.3, 0.4) is 0 Å². The molecule has 0 N–H and O–H groups in total. The van der Waals surface area contributed by atoms with Crippen molar-refractivity contribution in [3.63, 3.8) is 0 Å². The minimum Gasteiger partial charge on any atom is -0.303 e. The molecule has 0 saturated heterocycles. The monoisotopic (exact) mass is 158 g/mol. The van der Waals surface area contributed by atoms with Gasteiger partial charge in [0.15, 0.2) is 11.3 Å². The van der Waals surface area contributed by atoms with Crippen LogP contribution in [0.25, 0.3) is 5.65 Å². The van der Waals surface area contributed by atoms with Crippen molar-refractivity contribution < 1.29 is 0 Å². The number of hydrogen-bond donors (Lipinski definition) is 0. The van der Waals surface area contributed by atoms with Gasteiger partial charge in [-0.1, -0.05) is 0 Å². The summed E-state index contributed by atoms with van der Waals surface area (Å²) in [5.74, 6) is 0. The van der Waals surface area contributed by atoms with Crippen LogP contribution in [0.5, 0.6) is 0 Å². The summed E-state index contributed by atoms with van der Waals surface area (Å²) in [5.41, 5.74) is 2.03. The number of aromatic nitrogens is 3. The molecule has 4 heteroatoms. The Kier molecular flexibility index (Phi) is 1.31. The first-order valence-electron chi connectivity index (χ1n) is 3.51. The quantitative estimate of drug-likeness (QED) is 0.572. The van der Waals surface area contributed by atoms with Crippen LogP contribution in [0, 0.1) is 18.3 Å². The summed E-state index contributed by atoms with van der Waals surface area (Å²) in [6, 6.07) is 1.98. The number of imidazole rings is 1. The van der Waals surface area contributed by atoms with Gasteiger partial charge >= 0.3 is 0 Å². The fraction of sp³-hybridized carbons (Fsp3) is 0.125. The number of nitrogens with zero attached hydrogens (tertiary/aromatic N) is 4. The lowest BCUT2D eigenvalue weighted by molar-refractivity contribution is 1.07. The van der Waals surface area contributed by atoms with Gasteiger partial charge in [-0.2, -0.15) is 5.26 Å². The normalized spacial score (nSPS) is 10.0. The first kappa shape index (κ1) is 6.80. The molecule has 58 valence electrons. The second-order valence-electron chi connectivity index (χ2n) is 2.53. The molecule has 0 unspecified atom stereocenters. The van der Waals surface area contributed by atoms with Crippen LogP contribution in [0.2, 0.25) is 0 Å². The van der Waals surface area contributed by atoms with Crippen LogP contribution in [-0.4, -0.2) is 14.4 Å². The maximum atomic E-state index is 8.56. The van der Waals surface area contributed by atoms with Gasteiger partial charge in [-0.05, 0) is 6.92 Å². The third kappa shape index (κ3) is 0.920. The molecular formula is C8H6N4. The molecule has 0 aliphatic heterocycles. The predicted octanol–water partition coefficient (Wildman–Crippen LogP) is 0.909. The Morgan fingerprint density at radius 1 is 1.50 bits per heavy atom. The minimum atomic E-state index is 0.419. The van der Waals surface area contributed by atoms with Gasteiger partial charge in [-0.25, -0.2) is 4.98 Å². The molecule has 2 aromatic rings. The third-order valence-electron chi connectivity index (χ3n) is 1.59. The maximum Gasteiger partial charge on any atom is 0.159 e. The molecule has 0 saturated carbocycles. The summed E-state index contributed by atoms with van der Waals surface area (Å²) in [6.07, 6.45) is 5.17. The molecule has 0 radical (unpaired) electrons. The third-order valence-corrected chi connectivity index (χ3v) is 1.59. The molecule has 2 rings (SSSR count). The SMILES string of the molecule is Cc1cn2cc(C#N)nc2cn1. The van der Waals surface area contributed by atoms with E-state index < -0.39 is 0 Å². The molecular weight excluding hydrogens is 152 g/mol. The molecule has 0 bridgehead atoms. The van der Waals surface area contributed by atoms with Crippen molar-refractivity contribution in [2.45, 2.75) is 6.92 Å². The first-order valence-corrected chi connectivity index (χ1v) is 3.51. The van der Waals surface area contributed by atoms with Gasteiger partial charge in [0, 0.05) is 12.4 Å². The molecule has 0 spiro atoms. The van der Waals surface area contributed by atoms with E-state index in [9.17, 15) is 0 Å². The molecule has 0 aliphatic rings. The Balaban J connectivity index is 2.77. The fourth-order valence-corrected chi connectivity index (χ4v) is 1.05. The molecule has 0 aromatic carbocycles. The number of fused-ring (bicyclic) bond motifs is 1. The largest absolute Gasteiger partial charge is 0.303 e. The smallest absolute Gasteiger partial charge is 0.159 e. The van der Waals surface area contributed by atoms with Gasteiger partial charge in [0.2, 0.25) is 0 Å². The Morgan fingerprint density at radius 2 is 2.33 bits per heavy atom. The van der Waals surface area contributed by atoms with Crippen LogP contribution >= 0.6 is 0 Å². The summed E-state index contributed by atoms with van der Waals surface area (Å²) in [7, 11) is 0. The average molecular weight is 158 g/mol. The van der Waals surface area contributed by atoms with Gasteiger partial charge < -0.3 is 4.40 Å². The molecule has 0 aliphatic carbocycles. The average Bonchev–Trinajstić information content (AvgIpc) is 2.46. The molecule has 2 aromatic heterocycles. The Morgan fingerprint density at radius 3 is 3.08 bits per heavy atom. The topological polar surface area (TPSA) is 54.0 Å². The van der Waals surface area contributed by atoms with Gasteiger partial charge in [0.05, 0.1) is 11.9 Å². The van der Waals surface area contributed by atoms with E-state index in [1.54, 1.807) is 16.8 Å². The van der Waals surface area contributed by atoms with E-state index >= 15 is 0 Å². The summed E-state index contributed by atoms with van der Waals surface area (Å²) in [5, 5.41) is 8.56. The van der Waals surface area contributed by atoms with Gasteiger partial charge in [-0.15, -0.1) is 0 Å². The van der Waals surface area contributed by atoms with Crippen molar-refractivity contribution >= 4 is 5.65 Å². The highest BCUT2D eigenvalue weighted by molar-refractivity contribution is 5.40. The standard InChI is InChI=1S/C8H6N4/c1-6-4-12-5-7(2-9)11-8(12)3-10-6/h3-5H,1H3. The van der Waals surface area contributed by atoms with Crippen molar-refractivity contribution in [2.75, 3.05) is 0 Å². The van der Waals surface area contributed by atoms with E-state index in [0.29, 0.717) is 11.3 Å². The summed E-state index contributed by atoms with van der Waals surface area (Å²) in [6.45, 7) is 1.89. The van der Waals surface area contributed by atoms with Crippen LogP contribution < -0.4 is 0 Å². The predicted molar refractivity (Wildman–Crippen MR) is 42.4 cm³/mol. The number of nitriles is 1. The van der Waals surface area contributed by atoms with Crippen molar-refractivity contribution in [1.29, 1.82) is 5.26 Å². The van der Waals surface area contributed by atoms with E-state index in [1.165, 1.54) is 0 Å². The molecule has 2 heterocycles. The van der Waals surface area contributed by atoms with Crippen LogP contribution in [-0.2, 0) is 0 Å². The van der Waals surface area contributed by atoms with Crippen molar-refractivity contribution in [3.05, 3.63) is 30.0 Å². The van der Waals surface area contributed by atoms with Gasteiger partial charge in [-0.3, -0.25) is 4.98 Å². The highest BCUT2D eigenvalue weighted by atomic mass is 15.0. The Hall–Kier alpha value is -1.89. The molecule has 0 atom stereocenters. The second-order valence-corrected chi connectivity index (χ2v) is 2.53. The van der Waals surface area contributed by atoms with Crippen molar-refractivity contribution in [1.82, 2.24) is 14.4 Å². The Labute approximate surface area is 69.1 Å². The van der Waals surface area contributed by atoms with E-state index in [4.69, 9.17) is 5.26 Å². The second kappa shape index (κ2) is 2.31. The molecule has 12 heavy (non-hydrogen) atoms. The van der Waals surface area contributed by atoms with Crippen LogP contribution in [0.4, 0.5) is 0 Å². The minimum absolute atomic E-state index is 0.419. The molecule has 0 amide bonds. The molecule has 0 fully saturated rings. The van der Waals surface area contributed by atoms with E-state index in [2.05, 4.69) is 9.97 Å². The van der Waals surface area contributed by atoms with Crippen molar-refractivity contribution in [3.8, 4) is 6.07 Å². The highest BCUT2D eigenvalue weighted by Gasteiger charge is 1.99. The maximum absolute atomic E-state index is 8.56. The van der Waals surface area contributed by atoms with Crippen LogP contribution in [0.15, 0.2) is 18.6 Å². The summed E-state index contributed by atoms with van der Waals surface area (Å²) >= 11 is 0. The van der Waals surface area contributed by atoms with E-state index in [-0.39, 0.29) is 0 Å². The number of hydrogen-bond acceptors (Lipinski definition) is 3. The van der Waals surface area contributed by atoms with E-state index in [0.717, 1.165) is 5.69 Å². The summed E-state index contributed by atoms with van der Waals surface area (Å²) < 4.78 is 1.79. The zero-order valence-corrected chi connectivity index (χ0v) is 6.52. The number of rotatable bonds is 0. The summed E-state index contributed by atoms with van der Waals surface area (Å²) in [4.78, 5) is 8.07. The highest BCUT2D eigenvalue weighted by Crippen LogP contribution is 2.03. The lowest BCUT2D eigenvalue weighted by Crippen LogP contribution is -1.87. The lowest BCUT2D eigenvalue weighted by Gasteiger charge is -1.92. The Bertz CT molecular complexity index is 463. The van der Waals surface area contributed by atoms with Gasteiger partial charge in [0.1, 0.15) is 6.07 Å². The molecule has 4 nitrogen and oxygen atoms in total. The fourth-order valence-electron chi connectivity index (χ4n) is 1.05. The number of aryl methyl sites for hydroxylation is 1. The lowest BCUT2D eigenvalue weighted by atomic mass is 10.5. The van der Waals surface area contributed by atoms with Crippen molar-refractivity contribution in [2.24, 2.45) is 0 Å². The van der Waals surface area contributed by atoms with Crippen LogP contribution in [0.1, 0.15) is 11.4 Å².